The Morgan fingerprint density at radius 2 is 1.83 bits per heavy atom. The largest absolute Gasteiger partial charge is 0.269 e. The number of fused-ring (bicyclic) bond motifs is 1. The zero-order valence-electron chi connectivity index (χ0n) is 12.1. The van der Waals surface area contributed by atoms with Gasteiger partial charge in [0.05, 0.1) is 5.69 Å². The predicted octanol–water partition coefficient (Wildman–Crippen LogP) is 1.40. The van der Waals surface area contributed by atoms with Gasteiger partial charge in [-0.2, -0.15) is 4.80 Å². The summed E-state index contributed by atoms with van der Waals surface area (Å²) in [5.41, 5.74) is 1.95. The Morgan fingerprint density at radius 3 is 2.70 bits per heavy atom. The van der Waals surface area contributed by atoms with Crippen molar-refractivity contribution >= 4 is 5.65 Å². The van der Waals surface area contributed by atoms with E-state index in [2.05, 4.69) is 20.4 Å². The van der Waals surface area contributed by atoms with Gasteiger partial charge in [-0.3, -0.25) is 9.20 Å². The lowest BCUT2D eigenvalue weighted by molar-refractivity contribution is 0.564. The van der Waals surface area contributed by atoms with Gasteiger partial charge in [0, 0.05) is 17.8 Å². The van der Waals surface area contributed by atoms with Crippen LogP contribution in [0.1, 0.15) is 5.69 Å². The lowest BCUT2D eigenvalue weighted by Gasteiger charge is -2.02. The van der Waals surface area contributed by atoms with E-state index in [0.29, 0.717) is 23.7 Å². The smallest absolute Gasteiger partial charge is 0.258 e. The van der Waals surface area contributed by atoms with Crippen molar-refractivity contribution in [2.45, 2.75) is 6.54 Å². The van der Waals surface area contributed by atoms with E-state index < -0.39 is 0 Å². The van der Waals surface area contributed by atoms with Gasteiger partial charge < -0.3 is 0 Å². The quantitative estimate of drug-likeness (QED) is 0.571. The molecule has 23 heavy (non-hydrogen) atoms. The van der Waals surface area contributed by atoms with Crippen LogP contribution in [0.3, 0.4) is 0 Å². The summed E-state index contributed by atoms with van der Waals surface area (Å²) in [6.45, 7) is 0.292. The molecular weight excluding hydrogens is 292 g/mol. The fourth-order valence-corrected chi connectivity index (χ4v) is 2.34. The van der Waals surface area contributed by atoms with E-state index in [1.54, 1.807) is 18.3 Å². The molecule has 0 bridgehead atoms. The zero-order chi connectivity index (χ0) is 15.6. The van der Waals surface area contributed by atoms with Crippen molar-refractivity contribution in [3.8, 4) is 11.4 Å². The molecule has 7 heteroatoms. The summed E-state index contributed by atoms with van der Waals surface area (Å²) in [6, 6.07) is 16.5. The Balaban J connectivity index is 1.66. The van der Waals surface area contributed by atoms with Crippen LogP contribution in [-0.4, -0.2) is 29.6 Å². The van der Waals surface area contributed by atoms with Crippen molar-refractivity contribution in [1.82, 2.24) is 29.6 Å². The van der Waals surface area contributed by atoms with Gasteiger partial charge in [0.1, 0.15) is 12.2 Å². The average Bonchev–Trinajstić information content (AvgIpc) is 3.04. The second-order valence-electron chi connectivity index (χ2n) is 5.02. The first-order chi connectivity index (χ1) is 11.3. The molecule has 0 fully saturated rings. The maximum atomic E-state index is 12.1. The second kappa shape index (κ2) is 5.45. The Kier molecular flexibility index (Phi) is 3.16. The number of hydrogen-bond acceptors (Lipinski definition) is 5. The molecule has 112 valence electrons. The normalized spacial score (nSPS) is 11.0. The van der Waals surface area contributed by atoms with Crippen LogP contribution >= 0.6 is 0 Å². The number of rotatable bonds is 3. The number of hydrogen-bond donors (Lipinski definition) is 0. The molecule has 0 saturated carbocycles. The van der Waals surface area contributed by atoms with Crippen LogP contribution < -0.4 is 5.56 Å². The maximum Gasteiger partial charge on any atom is 0.258 e. The maximum absolute atomic E-state index is 12.1. The van der Waals surface area contributed by atoms with E-state index in [4.69, 9.17) is 0 Å². The SMILES string of the molecule is O=c1cc(Cn2nnc(-c3ccccc3)n2)nc2ccccn12. The van der Waals surface area contributed by atoms with E-state index in [0.717, 1.165) is 5.56 Å². The van der Waals surface area contributed by atoms with Gasteiger partial charge in [-0.05, 0) is 17.3 Å². The van der Waals surface area contributed by atoms with Crippen molar-refractivity contribution in [1.29, 1.82) is 0 Å². The first-order valence-electron chi connectivity index (χ1n) is 7.10. The van der Waals surface area contributed by atoms with Crippen LogP contribution in [0.5, 0.6) is 0 Å². The number of benzene rings is 1. The Labute approximate surface area is 130 Å². The molecule has 0 amide bonds. The standard InChI is InChI=1S/C16H12N6O/c23-15-10-13(17-14-8-4-5-9-21(14)15)11-22-19-16(18-20-22)12-6-2-1-3-7-12/h1-10H,11H2. The monoisotopic (exact) mass is 304 g/mol. The third-order valence-electron chi connectivity index (χ3n) is 3.41. The topological polar surface area (TPSA) is 78.0 Å². The molecule has 1 aromatic carbocycles. The van der Waals surface area contributed by atoms with Gasteiger partial charge in [0.15, 0.2) is 0 Å². The number of pyridine rings is 1. The van der Waals surface area contributed by atoms with E-state index in [1.165, 1.54) is 15.3 Å². The highest BCUT2D eigenvalue weighted by atomic mass is 16.1. The fourth-order valence-electron chi connectivity index (χ4n) is 2.34. The summed E-state index contributed by atoms with van der Waals surface area (Å²) >= 11 is 0. The van der Waals surface area contributed by atoms with Gasteiger partial charge in [-0.25, -0.2) is 4.98 Å². The summed E-state index contributed by atoms with van der Waals surface area (Å²) in [4.78, 5) is 18.0. The summed E-state index contributed by atoms with van der Waals surface area (Å²) in [6.07, 6.45) is 1.69. The Hall–Kier alpha value is -3.35. The van der Waals surface area contributed by atoms with Crippen molar-refractivity contribution in [2.75, 3.05) is 0 Å². The van der Waals surface area contributed by atoms with Gasteiger partial charge in [-0.15, -0.1) is 10.2 Å². The number of tetrazole rings is 1. The highest BCUT2D eigenvalue weighted by molar-refractivity contribution is 5.53. The number of aromatic nitrogens is 6. The summed E-state index contributed by atoms with van der Waals surface area (Å²) in [5.74, 6) is 0.545. The average molecular weight is 304 g/mol. The van der Waals surface area contributed by atoms with E-state index in [9.17, 15) is 4.79 Å². The molecule has 0 N–H and O–H groups in total. The minimum atomic E-state index is -0.131. The molecule has 0 unspecified atom stereocenters. The molecule has 0 aliphatic rings. The molecule has 0 aliphatic heterocycles. The van der Waals surface area contributed by atoms with E-state index in [1.807, 2.05) is 36.4 Å². The van der Waals surface area contributed by atoms with Crippen LogP contribution in [0.25, 0.3) is 17.0 Å². The highest BCUT2D eigenvalue weighted by Crippen LogP contribution is 2.12. The first kappa shape index (κ1) is 13.3. The summed E-state index contributed by atoms with van der Waals surface area (Å²) in [5, 5.41) is 12.4. The first-order valence-corrected chi connectivity index (χ1v) is 7.10. The van der Waals surface area contributed by atoms with E-state index >= 15 is 0 Å². The predicted molar refractivity (Wildman–Crippen MR) is 83.8 cm³/mol. The molecule has 3 heterocycles. The molecule has 0 radical (unpaired) electrons. The molecule has 7 nitrogen and oxygen atoms in total. The highest BCUT2D eigenvalue weighted by Gasteiger charge is 2.08. The minimum Gasteiger partial charge on any atom is -0.269 e. The molecule has 4 rings (SSSR count). The second-order valence-corrected chi connectivity index (χ2v) is 5.02. The van der Waals surface area contributed by atoms with Crippen molar-refractivity contribution in [2.24, 2.45) is 0 Å². The minimum absolute atomic E-state index is 0.131. The van der Waals surface area contributed by atoms with Crippen LogP contribution in [0.2, 0.25) is 0 Å². The Morgan fingerprint density at radius 1 is 1.00 bits per heavy atom. The summed E-state index contributed by atoms with van der Waals surface area (Å²) in [7, 11) is 0. The Bertz CT molecular complexity index is 1020. The van der Waals surface area contributed by atoms with Crippen LogP contribution in [0, 0.1) is 0 Å². The third kappa shape index (κ3) is 2.59. The molecule has 0 aliphatic carbocycles. The molecule has 3 aromatic heterocycles. The van der Waals surface area contributed by atoms with E-state index in [-0.39, 0.29) is 5.56 Å². The van der Waals surface area contributed by atoms with Gasteiger partial charge in [0.25, 0.3) is 5.56 Å². The number of nitrogens with zero attached hydrogens (tertiary/aromatic N) is 6. The van der Waals surface area contributed by atoms with Crippen LogP contribution in [0.4, 0.5) is 0 Å². The van der Waals surface area contributed by atoms with Crippen molar-refractivity contribution < 1.29 is 0 Å². The van der Waals surface area contributed by atoms with Gasteiger partial charge >= 0.3 is 0 Å². The molecule has 0 atom stereocenters. The molecule has 0 spiro atoms. The van der Waals surface area contributed by atoms with Crippen molar-refractivity contribution in [3.05, 3.63) is 76.8 Å². The third-order valence-corrected chi connectivity index (χ3v) is 3.41. The fraction of sp³-hybridized carbons (Fsp3) is 0.0625. The van der Waals surface area contributed by atoms with Crippen LogP contribution in [-0.2, 0) is 6.54 Å². The zero-order valence-corrected chi connectivity index (χ0v) is 12.1. The lowest BCUT2D eigenvalue weighted by Crippen LogP contribution is -2.17. The summed E-state index contributed by atoms with van der Waals surface area (Å²) < 4.78 is 1.49. The molecule has 0 saturated heterocycles. The molecular formula is C16H12N6O. The van der Waals surface area contributed by atoms with Gasteiger partial charge in [0.2, 0.25) is 5.82 Å². The van der Waals surface area contributed by atoms with Gasteiger partial charge in [-0.1, -0.05) is 36.4 Å². The van der Waals surface area contributed by atoms with Crippen molar-refractivity contribution in [3.63, 3.8) is 0 Å². The molecule has 4 aromatic rings. The van der Waals surface area contributed by atoms with Crippen LogP contribution in [0.15, 0.2) is 65.6 Å². The lowest BCUT2D eigenvalue weighted by atomic mass is 10.2.